The number of hydrogen-bond acceptors (Lipinski definition) is 4. The number of amides is 1. The summed E-state index contributed by atoms with van der Waals surface area (Å²) in [5.41, 5.74) is 2.36. The van der Waals surface area contributed by atoms with E-state index in [2.05, 4.69) is 4.72 Å². The Hall–Kier alpha value is -3.23. The number of aryl methyl sites for hydroxylation is 1. The SMILES string of the molecule is C[C@H](NS(=O)(=O)c1ccc(CCC(=O)N2CCN(c3ccccc3F)CC2)cc1)c1ccccc1. The lowest BCUT2D eigenvalue weighted by Crippen LogP contribution is -2.49. The zero-order valence-electron chi connectivity index (χ0n) is 19.7. The normalized spacial score (nSPS) is 15.1. The van der Waals surface area contributed by atoms with E-state index in [4.69, 9.17) is 0 Å². The van der Waals surface area contributed by atoms with Crippen LogP contribution < -0.4 is 9.62 Å². The van der Waals surface area contributed by atoms with Gasteiger partial charge >= 0.3 is 0 Å². The van der Waals surface area contributed by atoms with Crippen LogP contribution in [0.4, 0.5) is 10.1 Å². The molecule has 1 amide bonds. The van der Waals surface area contributed by atoms with Gasteiger partial charge in [0.2, 0.25) is 15.9 Å². The van der Waals surface area contributed by atoms with Crippen LogP contribution in [0.25, 0.3) is 0 Å². The number of benzene rings is 3. The summed E-state index contributed by atoms with van der Waals surface area (Å²) in [5.74, 6) is -0.198. The number of rotatable bonds is 8. The van der Waals surface area contributed by atoms with Crippen molar-refractivity contribution in [3.63, 3.8) is 0 Å². The summed E-state index contributed by atoms with van der Waals surface area (Å²) in [6.07, 6.45) is 0.871. The predicted octanol–water partition coefficient (Wildman–Crippen LogP) is 4.15. The van der Waals surface area contributed by atoms with E-state index in [1.165, 1.54) is 6.07 Å². The maximum Gasteiger partial charge on any atom is 0.241 e. The number of nitrogens with zero attached hydrogens (tertiary/aromatic N) is 2. The quantitative estimate of drug-likeness (QED) is 0.510. The molecule has 1 atom stereocenters. The van der Waals surface area contributed by atoms with Crippen molar-refractivity contribution in [2.45, 2.75) is 30.7 Å². The third kappa shape index (κ3) is 6.26. The number of sulfonamides is 1. The minimum Gasteiger partial charge on any atom is -0.366 e. The smallest absolute Gasteiger partial charge is 0.241 e. The first kappa shape index (κ1) is 24.9. The second-order valence-electron chi connectivity index (χ2n) is 8.72. The van der Waals surface area contributed by atoms with Crippen molar-refractivity contribution in [3.8, 4) is 0 Å². The van der Waals surface area contributed by atoms with Crippen molar-refractivity contribution in [1.82, 2.24) is 9.62 Å². The highest BCUT2D eigenvalue weighted by atomic mass is 32.2. The number of carbonyl (C=O) groups is 1. The van der Waals surface area contributed by atoms with Gasteiger partial charge in [0, 0.05) is 38.6 Å². The second-order valence-corrected chi connectivity index (χ2v) is 10.4. The molecule has 0 radical (unpaired) electrons. The van der Waals surface area contributed by atoms with Gasteiger partial charge in [-0.15, -0.1) is 0 Å². The molecule has 0 aromatic heterocycles. The van der Waals surface area contributed by atoms with E-state index >= 15 is 0 Å². The minimum atomic E-state index is -3.66. The zero-order chi connectivity index (χ0) is 24.8. The van der Waals surface area contributed by atoms with Crippen molar-refractivity contribution in [2.75, 3.05) is 31.1 Å². The van der Waals surface area contributed by atoms with Gasteiger partial charge in [-0.05, 0) is 48.7 Å². The molecule has 1 saturated heterocycles. The molecular weight excluding hydrogens is 465 g/mol. The van der Waals surface area contributed by atoms with E-state index < -0.39 is 10.0 Å². The van der Waals surface area contributed by atoms with Gasteiger partial charge in [0.1, 0.15) is 5.82 Å². The van der Waals surface area contributed by atoms with Gasteiger partial charge in [-0.25, -0.2) is 17.5 Å². The topological polar surface area (TPSA) is 69.7 Å². The van der Waals surface area contributed by atoms with E-state index in [1.54, 1.807) is 36.4 Å². The highest BCUT2D eigenvalue weighted by Gasteiger charge is 2.23. The van der Waals surface area contributed by atoms with Crippen molar-refractivity contribution < 1.29 is 17.6 Å². The molecule has 0 spiro atoms. The van der Waals surface area contributed by atoms with Gasteiger partial charge in [-0.2, -0.15) is 0 Å². The lowest BCUT2D eigenvalue weighted by atomic mass is 10.1. The molecule has 0 aliphatic carbocycles. The third-order valence-corrected chi connectivity index (χ3v) is 7.87. The van der Waals surface area contributed by atoms with Crippen molar-refractivity contribution in [3.05, 3.63) is 95.8 Å². The molecule has 0 unspecified atom stereocenters. The van der Waals surface area contributed by atoms with Crippen LogP contribution in [0.3, 0.4) is 0 Å². The Morgan fingerprint density at radius 2 is 1.54 bits per heavy atom. The van der Waals surface area contributed by atoms with E-state index in [-0.39, 0.29) is 22.7 Å². The van der Waals surface area contributed by atoms with Crippen molar-refractivity contribution >= 4 is 21.6 Å². The fraction of sp³-hybridized carbons (Fsp3) is 0.296. The molecule has 0 saturated carbocycles. The summed E-state index contributed by atoms with van der Waals surface area (Å²) in [6, 6.07) is 22.4. The fourth-order valence-electron chi connectivity index (χ4n) is 4.26. The maximum absolute atomic E-state index is 14.0. The lowest BCUT2D eigenvalue weighted by molar-refractivity contribution is -0.131. The summed E-state index contributed by atoms with van der Waals surface area (Å²) in [7, 11) is -3.66. The molecule has 1 aliphatic rings. The number of piperazine rings is 1. The van der Waals surface area contributed by atoms with Gasteiger partial charge in [0.15, 0.2) is 0 Å². The summed E-state index contributed by atoms with van der Waals surface area (Å²) < 4.78 is 42.2. The van der Waals surface area contributed by atoms with E-state index in [0.717, 1.165) is 11.1 Å². The average Bonchev–Trinajstić information content (AvgIpc) is 2.88. The lowest BCUT2D eigenvalue weighted by Gasteiger charge is -2.36. The molecule has 184 valence electrons. The van der Waals surface area contributed by atoms with Crippen molar-refractivity contribution in [2.24, 2.45) is 0 Å². The molecule has 6 nitrogen and oxygen atoms in total. The number of halogens is 1. The van der Waals surface area contributed by atoms with Gasteiger partial charge in [-0.1, -0.05) is 54.6 Å². The summed E-state index contributed by atoms with van der Waals surface area (Å²) in [5, 5.41) is 0. The molecule has 1 heterocycles. The summed E-state index contributed by atoms with van der Waals surface area (Å²) in [4.78, 5) is 16.7. The number of nitrogens with one attached hydrogen (secondary N) is 1. The van der Waals surface area contributed by atoms with Crippen LogP contribution in [-0.2, 0) is 21.2 Å². The van der Waals surface area contributed by atoms with Crippen LogP contribution >= 0.6 is 0 Å². The van der Waals surface area contributed by atoms with Crippen LogP contribution in [0.2, 0.25) is 0 Å². The fourth-order valence-corrected chi connectivity index (χ4v) is 5.49. The molecule has 1 fully saturated rings. The summed E-state index contributed by atoms with van der Waals surface area (Å²) >= 11 is 0. The molecule has 0 bridgehead atoms. The Bertz CT molecular complexity index is 1240. The standard InChI is InChI=1S/C27H30FN3O3S/c1-21(23-7-3-2-4-8-23)29-35(33,34)24-14-11-22(12-15-24)13-16-27(32)31-19-17-30(18-20-31)26-10-6-5-9-25(26)28/h2-12,14-15,21,29H,13,16-20H2,1H3/t21-/m0/s1. The molecule has 4 rings (SSSR count). The summed E-state index contributed by atoms with van der Waals surface area (Å²) in [6.45, 7) is 4.09. The first-order valence-corrected chi connectivity index (χ1v) is 13.3. The highest BCUT2D eigenvalue weighted by molar-refractivity contribution is 7.89. The Labute approximate surface area is 206 Å². The molecule has 8 heteroatoms. The molecule has 35 heavy (non-hydrogen) atoms. The van der Waals surface area contributed by atoms with Crippen LogP contribution in [0.15, 0.2) is 83.8 Å². The Kier molecular flexibility index (Phi) is 7.83. The molecule has 1 N–H and O–H groups in total. The van der Waals surface area contributed by atoms with Gasteiger partial charge in [-0.3, -0.25) is 4.79 Å². The number of hydrogen-bond donors (Lipinski definition) is 1. The van der Waals surface area contributed by atoms with Crippen LogP contribution in [-0.4, -0.2) is 45.4 Å². The van der Waals surface area contributed by atoms with E-state index in [0.29, 0.717) is 44.7 Å². The third-order valence-electron chi connectivity index (χ3n) is 6.32. The predicted molar refractivity (Wildman–Crippen MR) is 135 cm³/mol. The first-order valence-electron chi connectivity index (χ1n) is 11.8. The monoisotopic (exact) mass is 495 g/mol. The molecule has 3 aromatic rings. The van der Waals surface area contributed by atoms with Crippen LogP contribution in [0.5, 0.6) is 0 Å². The number of para-hydroxylation sites is 1. The number of anilines is 1. The largest absolute Gasteiger partial charge is 0.366 e. The molecular formula is C27H30FN3O3S. The van der Waals surface area contributed by atoms with Crippen molar-refractivity contribution in [1.29, 1.82) is 0 Å². The van der Waals surface area contributed by atoms with Crippen LogP contribution in [0, 0.1) is 5.82 Å². The van der Waals surface area contributed by atoms with Gasteiger partial charge in [0.05, 0.1) is 10.6 Å². The van der Waals surface area contributed by atoms with E-state index in [1.807, 2.05) is 53.1 Å². The minimum absolute atomic E-state index is 0.0493. The van der Waals surface area contributed by atoms with Crippen LogP contribution in [0.1, 0.15) is 30.5 Å². The highest BCUT2D eigenvalue weighted by Crippen LogP contribution is 2.21. The average molecular weight is 496 g/mol. The van der Waals surface area contributed by atoms with E-state index in [9.17, 15) is 17.6 Å². The first-order chi connectivity index (χ1) is 16.8. The Morgan fingerprint density at radius 1 is 0.914 bits per heavy atom. The number of carbonyl (C=O) groups excluding carboxylic acids is 1. The van der Waals surface area contributed by atoms with Gasteiger partial charge in [0.25, 0.3) is 0 Å². The Balaban J connectivity index is 1.27. The Morgan fingerprint density at radius 3 is 2.20 bits per heavy atom. The second kappa shape index (κ2) is 11.0. The van der Waals surface area contributed by atoms with Gasteiger partial charge < -0.3 is 9.80 Å². The molecule has 3 aromatic carbocycles. The zero-order valence-corrected chi connectivity index (χ0v) is 20.5. The molecule has 1 aliphatic heterocycles. The maximum atomic E-state index is 14.0.